The number of hydrogen-bond acceptors (Lipinski definition) is 8. The maximum Gasteiger partial charge on any atom is 0.409 e. The van der Waals surface area contributed by atoms with Crippen molar-refractivity contribution in [2.75, 3.05) is 12.4 Å². The maximum atomic E-state index is 15.0. The summed E-state index contributed by atoms with van der Waals surface area (Å²) < 4.78 is 34.4. The van der Waals surface area contributed by atoms with Gasteiger partial charge >= 0.3 is 12.1 Å². The number of thiophene rings is 1. The topological polar surface area (TPSA) is 129 Å². The highest BCUT2D eigenvalue weighted by atomic mass is 32.1. The Labute approximate surface area is 262 Å². The van der Waals surface area contributed by atoms with Crippen molar-refractivity contribution >= 4 is 39.4 Å². The molecule has 3 amide bonds. The number of aromatic nitrogens is 3. The third-order valence-corrected chi connectivity index (χ3v) is 8.31. The van der Waals surface area contributed by atoms with E-state index >= 15 is 0 Å². The van der Waals surface area contributed by atoms with Crippen LogP contribution in [0, 0.1) is 5.82 Å². The van der Waals surface area contributed by atoms with E-state index in [4.69, 9.17) is 14.2 Å². The smallest absolute Gasteiger partial charge is 0.409 e. The van der Waals surface area contributed by atoms with Crippen LogP contribution in [0.5, 0.6) is 11.5 Å². The molecule has 2 aromatic carbocycles. The Balaban J connectivity index is 1.12. The Morgan fingerprint density at radius 2 is 1.91 bits per heavy atom. The van der Waals surface area contributed by atoms with Crippen molar-refractivity contribution in [1.29, 1.82) is 0 Å². The number of methoxy groups -OCH3 is 1. The highest BCUT2D eigenvalue weighted by Crippen LogP contribution is 2.39. The van der Waals surface area contributed by atoms with Gasteiger partial charge in [0, 0.05) is 62.5 Å². The molecule has 1 unspecified atom stereocenters. The quantitative estimate of drug-likeness (QED) is 0.145. The van der Waals surface area contributed by atoms with E-state index in [9.17, 15) is 14.0 Å². The summed E-state index contributed by atoms with van der Waals surface area (Å²) in [5, 5.41) is 8.18. The molecule has 3 aromatic heterocycles. The van der Waals surface area contributed by atoms with Gasteiger partial charge in [0.15, 0.2) is 11.6 Å². The van der Waals surface area contributed by atoms with Gasteiger partial charge in [-0.15, -0.1) is 11.3 Å². The molecular formula is C32H31FN6O5S. The molecule has 1 fully saturated rings. The molecule has 11 nitrogen and oxygen atoms in total. The first-order valence-electron chi connectivity index (χ1n) is 14.3. The molecule has 1 atom stereocenters. The summed E-state index contributed by atoms with van der Waals surface area (Å²) in [6.07, 6.45) is 4.37. The van der Waals surface area contributed by atoms with E-state index in [2.05, 4.69) is 25.9 Å². The average Bonchev–Trinajstić information content (AvgIpc) is 3.62. The standard InChI is InChI=1S/C32H31FN6O5S/c1-39-22(15-28(42-2)38-32(41)43-18-19-6-4-3-5-7-19)17-35-30(39)27-16-24-29(45-27)26(12-13-34-24)44-25-11-10-21(14-23(25)33)37-31(40)36-20-8-9-20/h3-7,10-14,16-17,20,28H,8-9,15,18H2,1-2H3,(H,38,41)(H2,36,37,40). The number of alkyl carbamates (subject to hydrolysis) is 1. The number of rotatable bonds is 11. The second kappa shape index (κ2) is 13.3. The highest BCUT2D eigenvalue weighted by Gasteiger charge is 2.23. The number of ether oxygens (including phenoxy) is 3. The molecule has 0 spiro atoms. The molecule has 5 aromatic rings. The van der Waals surface area contributed by atoms with E-state index in [1.807, 2.05) is 48.0 Å². The lowest BCUT2D eigenvalue weighted by Gasteiger charge is -2.17. The Bertz CT molecular complexity index is 1820. The lowest BCUT2D eigenvalue weighted by atomic mass is 10.2. The number of hydrogen-bond donors (Lipinski definition) is 3. The number of amides is 3. The fourth-order valence-electron chi connectivity index (χ4n) is 4.61. The van der Waals surface area contributed by atoms with E-state index in [1.165, 1.54) is 30.6 Å². The van der Waals surface area contributed by atoms with Gasteiger partial charge in [-0.3, -0.25) is 10.3 Å². The van der Waals surface area contributed by atoms with E-state index < -0.39 is 18.1 Å². The van der Waals surface area contributed by atoms with Crippen molar-refractivity contribution in [3.8, 4) is 22.2 Å². The van der Waals surface area contributed by atoms with Crippen LogP contribution in [0.2, 0.25) is 0 Å². The molecule has 0 bridgehead atoms. The molecule has 6 rings (SSSR count). The molecule has 3 heterocycles. The van der Waals surface area contributed by atoms with Gasteiger partial charge in [0.05, 0.1) is 15.1 Å². The van der Waals surface area contributed by atoms with Gasteiger partial charge in [-0.05, 0) is 36.6 Å². The second-order valence-corrected chi connectivity index (χ2v) is 11.6. The summed E-state index contributed by atoms with van der Waals surface area (Å²) >= 11 is 1.41. The SMILES string of the molecule is COC(Cc1cnc(-c2cc3nccc(Oc4ccc(NC(=O)NC5CC5)cc4F)c3s2)n1C)NC(=O)OCc1ccccc1. The number of carbonyl (C=O) groups excluding carboxylic acids is 2. The molecule has 1 aliphatic carbocycles. The first-order chi connectivity index (χ1) is 21.9. The number of anilines is 1. The Hall–Kier alpha value is -5.01. The molecule has 232 valence electrons. The predicted octanol–water partition coefficient (Wildman–Crippen LogP) is 6.35. The summed E-state index contributed by atoms with van der Waals surface area (Å²) in [5.74, 6) is 0.534. The number of benzene rings is 2. The predicted molar refractivity (Wildman–Crippen MR) is 168 cm³/mol. The lowest BCUT2D eigenvalue weighted by Crippen LogP contribution is -2.38. The third-order valence-electron chi connectivity index (χ3n) is 7.17. The van der Waals surface area contributed by atoms with Crippen molar-refractivity contribution in [2.24, 2.45) is 7.05 Å². The summed E-state index contributed by atoms with van der Waals surface area (Å²) in [6, 6.07) is 17.1. The Morgan fingerprint density at radius 3 is 2.67 bits per heavy atom. The number of nitrogens with one attached hydrogen (secondary N) is 3. The summed E-state index contributed by atoms with van der Waals surface area (Å²) in [5.41, 5.74) is 2.71. The lowest BCUT2D eigenvalue weighted by molar-refractivity contribution is 0.0591. The Kier molecular flexibility index (Phi) is 8.89. The van der Waals surface area contributed by atoms with Gasteiger partial charge < -0.3 is 29.4 Å². The van der Waals surface area contributed by atoms with Gasteiger partial charge in [0.2, 0.25) is 0 Å². The van der Waals surface area contributed by atoms with E-state index in [1.54, 1.807) is 24.5 Å². The van der Waals surface area contributed by atoms with Gasteiger partial charge in [-0.1, -0.05) is 30.3 Å². The summed E-state index contributed by atoms with van der Waals surface area (Å²) in [6.45, 7) is 0.152. The summed E-state index contributed by atoms with van der Waals surface area (Å²) in [7, 11) is 3.39. The fraction of sp³-hybridized carbons (Fsp3) is 0.250. The fourth-order valence-corrected chi connectivity index (χ4v) is 5.71. The molecule has 1 saturated carbocycles. The monoisotopic (exact) mass is 630 g/mol. The van der Waals surface area contributed by atoms with Crippen LogP contribution in [-0.4, -0.2) is 46.0 Å². The van der Waals surface area contributed by atoms with Crippen LogP contribution in [0.4, 0.5) is 19.7 Å². The number of nitrogens with zero attached hydrogens (tertiary/aromatic N) is 3. The molecule has 0 aliphatic heterocycles. The van der Waals surface area contributed by atoms with E-state index in [-0.39, 0.29) is 24.4 Å². The maximum absolute atomic E-state index is 15.0. The van der Waals surface area contributed by atoms with Crippen LogP contribution in [0.1, 0.15) is 24.1 Å². The zero-order valence-corrected chi connectivity index (χ0v) is 25.4. The largest absolute Gasteiger partial charge is 0.453 e. The number of urea groups is 1. The normalized spacial score (nSPS) is 13.3. The molecule has 0 radical (unpaired) electrons. The highest BCUT2D eigenvalue weighted by molar-refractivity contribution is 7.22. The van der Waals surface area contributed by atoms with Crippen LogP contribution in [0.3, 0.4) is 0 Å². The third kappa shape index (κ3) is 7.39. The molecular weight excluding hydrogens is 599 g/mol. The number of carbonyl (C=O) groups is 2. The van der Waals surface area contributed by atoms with Crippen LogP contribution in [0.15, 0.2) is 73.1 Å². The van der Waals surface area contributed by atoms with Gasteiger partial charge in [-0.2, -0.15) is 0 Å². The van der Waals surface area contributed by atoms with Crippen molar-refractivity contribution in [1.82, 2.24) is 25.2 Å². The van der Waals surface area contributed by atoms with Crippen molar-refractivity contribution in [3.63, 3.8) is 0 Å². The number of imidazole rings is 1. The minimum atomic E-state index is -0.635. The number of pyridine rings is 1. The first-order valence-corrected chi connectivity index (χ1v) is 15.1. The van der Waals surface area contributed by atoms with Crippen LogP contribution in [-0.2, 0) is 29.5 Å². The molecule has 45 heavy (non-hydrogen) atoms. The number of halogens is 1. The summed E-state index contributed by atoms with van der Waals surface area (Å²) in [4.78, 5) is 34.3. The van der Waals surface area contributed by atoms with Crippen molar-refractivity contribution in [2.45, 2.75) is 38.1 Å². The minimum absolute atomic E-state index is 0.0188. The second-order valence-electron chi connectivity index (χ2n) is 10.5. The van der Waals surface area contributed by atoms with Crippen LogP contribution >= 0.6 is 11.3 Å². The van der Waals surface area contributed by atoms with Gasteiger partial charge in [-0.25, -0.2) is 19.0 Å². The zero-order valence-electron chi connectivity index (χ0n) is 24.6. The van der Waals surface area contributed by atoms with Crippen molar-refractivity contribution in [3.05, 3.63) is 90.1 Å². The van der Waals surface area contributed by atoms with Crippen LogP contribution < -0.4 is 20.7 Å². The van der Waals surface area contributed by atoms with E-state index in [0.717, 1.165) is 33.7 Å². The number of fused-ring (bicyclic) bond motifs is 1. The van der Waals surface area contributed by atoms with Crippen molar-refractivity contribution < 1.29 is 28.2 Å². The van der Waals surface area contributed by atoms with Gasteiger partial charge in [0.1, 0.15) is 24.4 Å². The average molecular weight is 631 g/mol. The first kappa shape index (κ1) is 30.0. The minimum Gasteiger partial charge on any atom is -0.453 e. The molecule has 13 heteroatoms. The van der Waals surface area contributed by atoms with Gasteiger partial charge in [0.25, 0.3) is 0 Å². The Morgan fingerprint density at radius 1 is 1.09 bits per heavy atom. The van der Waals surface area contributed by atoms with Crippen LogP contribution in [0.25, 0.3) is 20.9 Å². The zero-order chi connectivity index (χ0) is 31.3. The molecule has 0 saturated heterocycles. The molecule has 1 aliphatic rings. The molecule has 3 N–H and O–H groups in total. The van der Waals surface area contributed by atoms with E-state index in [0.29, 0.717) is 29.2 Å².